The molecule has 0 bridgehead atoms. The summed E-state index contributed by atoms with van der Waals surface area (Å²) in [5, 5.41) is 3.13. The highest BCUT2D eigenvalue weighted by atomic mass is 79.9. The summed E-state index contributed by atoms with van der Waals surface area (Å²) in [5.41, 5.74) is 1.15. The third kappa shape index (κ3) is 5.69. The van der Waals surface area contributed by atoms with Crippen molar-refractivity contribution in [1.29, 1.82) is 0 Å². The maximum Gasteiger partial charge on any atom is 0.175 e. The molecule has 114 valence electrons. The summed E-state index contributed by atoms with van der Waals surface area (Å²) >= 11 is 3.55. The zero-order valence-corrected chi connectivity index (χ0v) is 14.1. The maximum atomic E-state index is 5.78. The van der Waals surface area contributed by atoms with Gasteiger partial charge in [0.05, 0.1) is 17.7 Å². The normalized spacial score (nSPS) is 10.6. The van der Waals surface area contributed by atoms with Crippen LogP contribution >= 0.6 is 15.9 Å². The van der Waals surface area contributed by atoms with E-state index in [0.29, 0.717) is 19.8 Å². The predicted molar refractivity (Wildman–Crippen MR) is 84.7 cm³/mol. The lowest BCUT2D eigenvalue weighted by atomic mass is 10.2. The molecule has 4 nitrogen and oxygen atoms in total. The summed E-state index contributed by atoms with van der Waals surface area (Å²) in [6, 6.07) is 4.05. The molecule has 0 saturated carbocycles. The van der Waals surface area contributed by atoms with Gasteiger partial charge in [-0.3, -0.25) is 0 Å². The fraction of sp³-hybridized carbons (Fsp3) is 0.600. The fourth-order valence-electron chi connectivity index (χ4n) is 1.78. The molecule has 1 aromatic carbocycles. The first-order chi connectivity index (χ1) is 9.72. The Balaban J connectivity index is 2.71. The first-order valence-electron chi connectivity index (χ1n) is 7.03. The first-order valence-corrected chi connectivity index (χ1v) is 7.82. The number of hydrogen-bond acceptors (Lipinski definition) is 4. The number of rotatable bonds is 10. The molecule has 20 heavy (non-hydrogen) atoms. The Morgan fingerprint density at radius 2 is 1.90 bits per heavy atom. The van der Waals surface area contributed by atoms with Gasteiger partial charge in [0.2, 0.25) is 0 Å². The van der Waals surface area contributed by atoms with E-state index in [-0.39, 0.29) is 0 Å². The molecule has 0 fully saturated rings. The van der Waals surface area contributed by atoms with Crippen LogP contribution in [0.5, 0.6) is 11.5 Å². The number of benzene rings is 1. The van der Waals surface area contributed by atoms with Crippen LogP contribution in [-0.2, 0) is 11.3 Å². The lowest BCUT2D eigenvalue weighted by Gasteiger charge is -2.15. The van der Waals surface area contributed by atoms with Gasteiger partial charge >= 0.3 is 0 Å². The zero-order valence-electron chi connectivity index (χ0n) is 12.5. The summed E-state index contributed by atoms with van der Waals surface area (Å²) in [4.78, 5) is 0. The van der Waals surface area contributed by atoms with Crippen molar-refractivity contribution >= 4 is 15.9 Å². The third-order valence-corrected chi connectivity index (χ3v) is 3.16. The van der Waals surface area contributed by atoms with Gasteiger partial charge in [0.15, 0.2) is 11.5 Å². The molecule has 0 aliphatic rings. The topological polar surface area (TPSA) is 39.7 Å². The van der Waals surface area contributed by atoms with Gasteiger partial charge in [-0.1, -0.05) is 6.92 Å². The minimum atomic E-state index is 0.518. The van der Waals surface area contributed by atoms with E-state index in [1.165, 1.54) is 0 Å². The number of ether oxygens (including phenoxy) is 3. The molecule has 0 amide bonds. The third-order valence-electron chi connectivity index (χ3n) is 2.57. The molecule has 0 atom stereocenters. The molecule has 0 aliphatic heterocycles. The van der Waals surface area contributed by atoms with E-state index >= 15 is 0 Å². The van der Waals surface area contributed by atoms with Crippen LogP contribution in [0.15, 0.2) is 16.6 Å². The van der Waals surface area contributed by atoms with Crippen LogP contribution in [0.3, 0.4) is 0 Å². The lowest BCUT2D eigenvalue weighted by molar-refractivity contribution is 0.0989. The van der Waals surface area contributed by atoms with Crippen molar-refractivity contribution < 1.29 is 14.2 Å². The summed E-state index contributed by atoms with van der Waals surface area (Å²) in [7, 11) is 1.92. The smallest absolute Gasteiger partial charge is 0.175 e. The summed E-state index contributed by atoms with van der Waals surface area (Å²) in [5.74, 6) is 1.51. The quantitative estimate of drug-likeness (QED) is 0.660. The minimum Gasteiger partial charge on any atom is -0.490 e. The van der Waals surface area contributed by atoms with Gasteiger partial charge in [-0.2, -0.15) is 0 Å². The van der Waals surface area contributed by atoms with E-state index in [0.717, 1.165) is 41.1 Å². The van der Waals surface area contributed by atoms with Gasteiger partial charge in [-0.25, -0.2) is 0 Å². The Hall–Kier alpha value is -0.780. The second kappa shape index (κ2) is 10.0. The standard InChI is InChI=1S/C15H24BrNO3/c1-4-6-18-7-8-20-15-13(16)9-12(11-17-3)10-14(15)19-5-2/h9-10,17H,4-8,11H2,1-3H3. The molecule has 5 heteroatoms. The average Bonchev–Trinajstić information content (AvgIpc) is 2.42. The molecular weight excluding hydrogens is 322 g/mol. The van der Waals surface area contributed by atoms with Crippen LogP contribution in [0.2, 0.25) is 0 Å². The second-order valence-corrected chi connectivity index (χ2v) is 5.18. The zero-order chi connectivity index (χ0) is 14.8. The lowest BCUT2D eigenvalue weighted by Crippen LogP contribution is -2.10. The number of halogens is 1. The SMILES string of the molecule is CCCOCCOc1c(Br)cc(CNC)cc1OCC. The second-order valence-electron chi connectivity index (χ2n) is 4.33. The molecule has 0 unspecified atom stereocenters. The molecular formula is C15H24BrNO3. The first kappa shape index (κ1) is 17.3. The fourth-order valence-corrected chi connectivity index (χ4v) is 2.38. The molecule has 1 N–H and O–H groups in total. The molecule has 0 aliphatic carbocycles. The molecule has 1 aromatic rings. The monoisotopic (exact) mass is 345 g/mol. The van der Waals surface area contributed by atoms with Crippen LogP contribution in [0, 0.1) is 0 Å². The van der Waals surface area contributed by atoms with E-state index in [9.17, 15) is 0 Å². The highest BCUT2D eigenvalue weighted by Crippen LogP contribution is 2.36. The predicted octanol–water partition coefficient (Wildman–Crippen LogP) is 3.37. The Bertz CT molecular complexity index is 399. The highest BCUT2D eigenvalue weighted by Gasteiger charge is 2.12. The van der Waals surface area contributed by atoms with Gasteiger partial charge in [0, 0.05) is 13.2 Å². The number of hydrogen-bond donors (Lipinski definition) is 1. The van der Waals surface area contributed by atoms with Crippen LogP contribution in [0.4, 0.5) is 0 Å². The Labute approximate surface area is 129 Å². The molecule has 0 spiro atoms. The van der Waals surface area contributed by atoms with Crippen LogP contribution in [-0.4, -0.2) is 33.5 Å². The van der Waals surface area contributed by atoms with Gasteiger partial charge in [0.25, 0.3) is 0 Å². The maximum absolute atomic E-state index is 5.78. The van der Waals surface area contributed by atoms with Crippen molar-refractivity contribution in [1.82, 2.24) is 5.32 Å². The molecule has 1 rings (SSSR count). The van der Waals surface area contributed by atoms with Crippen molar-refractivity contribution in [2.24, 2.45) is 0 Å². The Kier molecular flexibility index (Phi) is 8.65. The van der Waals surface area contributed by atoms with Gasteiger partial charge in [0.1, 0.15) is 6.61 Å². The molecule has 0 radical (unpaired) electrons. The summed E-state index contributed by atoms with van der Waals surface area (Å²) in [6.45, 7) is 7.33. The molecule has 0 aromatic heterocycles. The van der Waals surface area contributed by atoms with E-state index in [1.807, 2.05) is 26.1 Å². The molecule has 0 heterocycles. The Morgan fingerprint density at radius 1 is 1.10 bits per heavy atom. The highest BCUT2D eigenvalue weighted by molar-refractivity contribution is 9.10. The van der Waals surface area contributed by atoms with Gasteiger partial charge in [-0.05, 0) is 54.0 Å². The van der Waals surface area contributed by atoms with Crippen molar-refractivity contribution in [2.45, 2.75) is 26.8 Å². The summed E-state index contributed by atoms with van der Waals surface area (Å²) < 4.78 is 17.8. The summed E-state index contributed by atoms with van der Waals surface area (Å²) in [6.07, 6.45) is 1.02. The van der Waals surface area contributed by atoms with E-state index in [1.54, 1.807) is 0 Å². The van der Waals surface area contributed by atoms with Crippen molar-refractivity contribution in [3.63, 3.8) is 0 Å². The number of nitrogens with one attached hydrogen (secondary N) is 1. The molecule has 0 saturated heterocycles. The van der Waals surface area contributed by atoms with Crippen molar-refractivity contribution in [2.75, 3.05) is 33.5 Å². The minimum absolute atomic E-state index is 0.518. The van der Waals surface area contributed by atoms with Crippen LogP contribution in [0.25, 0.3) is 0 Å². The van der Waals surface area contributed by atoms with E-state index in [2.05, 4.69) is 28.2 Å². The van der Waals surface area contributed by atoms with Crippen molar-refractivity contribution in [3.05, 3.63) is 22.2 Å². The largest absolute Gasteiger partial charge is 0.490 e. The van der Waals surface area contributed by atoms with Gasteiger partial charge in [-0.15, -0.1) is 0 Å². The van der Waals surface area contributed by atoms with Crippen LogP contribution in [0.1, 0.15) is 25.8 Å². The van der Waals surface area contributed by atoms with Crippen LogP contribution < -0.4 is 14.8 Å². The van der Waals surface area contributed by atoms with Crippen molar-refractivity contribution in [3.8, 4) is 11.5 Å². The average molecular weight is 346 g/mol. The van der Waals surface area contributed by atoms with E-state index in [4.69, 9.17) is 14.2 Å². The van der Waals surface area contributed by atoms with Gasteiger partial charge < -0.3 is 19.5 Å². The van der Waals surface area contributed by atoms with E-state index < -0.39 is 0 Å². The Morgan fingerprint density at radius 3 is 2.55 bits per heavy atom.